The van der Waals surface area contributed by atoms with E-state index in [4.69, 9.17) is 19.2 Å². The number of aliphatic hydroxyl groups is 1. The van der Waals surface area contributed by atoms with Crippen molar-refractivity contribution in [2.45, 2.75) is 37.3 Å². The molecule has 5 heteroatoms. The second-order valence-corrected chi connectivity index (χ2v) is 7.14. The van der Waals surface area contributed by atoms with Crippen LogP contribution in [0.15, 0.2) is 41.4 Å². The summed E-state index contributed by atoms with van der Waals surface area (Å²) >= 11 is 0. The number of ether oxygens (including phenoxy) is 3. The summed E-state index contributed by atoms with van der Waals surface area (Å²) in [5.41, 5.74) is 4.24. The van der Waals surface area contributed by atoms with Gasteiger partial charge in [0, 0.05) is 17.0 Å². The minimum absolute atomic E-state index is 0.177. The van der Waals surface area contributed by atoms with Crippen molar-refractivity contribution in [2.75, 3.05) is 21.3 Å². The van der Waals surface area contributed by atoms with Crippen LogP contribution in [-0.2, 0) is 0 Å². The molecule has 0 spiro atoms. The van der Waals surface area contributed by atoms with Gasteiger partial charge >= 0.3 is 0 Å². The van der Waals surface area contributed by atoms with Crippen molar-refractivity contribution in [3.8, 4) is 17.2 Å². The Morgan fingerprint density at radius 2 is 1.63 bits per heavy atom. The molecule has 0 saturated heterocycles. The molecule has 1 heterocycles. The van der Waals surface area contributed by atoms with Gasteiger partial charge in [0.05, 0.1) is 39.2 Å². The highest BCUT2D eigenvalue weighted by atomic mass is 16.5. The van der Waals surface area contributed by atoms with Crippen molar-refractivity contribution in [1.29, 1.82) is 0 Å². The number of rotatable bonds is 4. The molecule has 1 aliphatic carbocycles. The molecular formula is C22H25NO4. The molecule has 1 saturated carbocycles. The van der Waals surface area contributed by atoms with Crippen LogP contribution in [0.4, 0.5) is 0 Å². The number of nitrogens with zero attached hydrogens (tertiary/aromatic N) is 1. The van der Waals surface area contributed by atoms with E-state index in [1.165, 1.54) is 5.56 Å². The molecular weight excluding hydrogens is 342 g/mol. The Hall–Kier alpha value is -2.53. The first-order chi connectivity index (χ1) is 13.1. The van der Waals surface area contributed by atoms with Crippen molar-refractivity contribution in [3.05, 3.63) is 53.1 Å². The van der Waals surface area contributed by atoms with Gasteiger partial charge in [0.2, 0.25) is 0 Å². The standard InChI is InChI=1S/C22H25NO4/c1-25-15-7-4-13(5-8-15)22-18-12-21(27-3)20(26-2)11-16(18)17-10-14(24)6-9-19(17)23-22/h4-5,7-8,11-12,14,17,19,24H,6,9-10H2,1-3H3. The molecule has 2 aromatic rings. The highest BCUT2D eigenvalue weighted by Crippen LogP contribution is 2.44. The van der Waals surface area contributed by atoms with Gasteiger partial charge in [0.25, 0.3) is 0 Å². The van der Waals surface area contributed by atoms with Crippen LogP contribution in [0.1, 0.15) is 41.9 Å². The topological polar surface area (TPSA) is 60.3 Å². The SMILES string of the molecule is COc1ccc(C2=NC3CCC(O)CC3c3cc(OC)c(OC)cc32)cc1. The van der Waals surface area contributed by atoms with Crippen LogP contribution in [0, 0.1) is 0 Å². The summed E-state index contributed by atoms with van der Waals surface area (Å²) < 4.78 is 16.4. The highest BCUT2D eigenvalue weighted by molar-refractivity contribution is 6.15. The van der Waals surface area contributed by atoms with E-state index >= 15 is 0 Å². The smallest absolute Gasteiger partial charge is 0.161 e. The van der Waals surface area contributed by atoms with Crippen molar-refractivity contribution >= 4 is 5.71 Å². The molecule has 1 fully saturated rings. The monoisotopic (exact) mass is 367 g/mol. The fraction of sp³-hybridized carbons (Fsp3) is 0.409. The zero-order chi connectivity index (χ0) is 19.0. The van der Waals surface area contributed by atoms with Gasteiger partial charge in [-0.1, -0.05) is 0 Å². The molecule has 3 atom stereocenters. The van der Waals surface area contributed by atoms with Gasteiger partial charge in [0.1, 0.15) is 5.75 Å². The van der Waals surface area contributed by atoms with Gasteiger partial charge in [0.15, 0.2) is 11.5 Å². The number of benzene rings is 2. The second-order valence-electron chi connectivity index (χ2n) is 7.14. The van der Waals surface area contributed by atoms with E-state index in [9.17, 15) is 5.11 Å². The van der Waals surface area contributed by atoms with E-state index in [0.717, 1.165) is 41.9 Å². The summed E-state index contributed by atoms with van der Waals surface area (Å²) in [7, 11) is 4.96. The molecule has 2 aromatic carbocycles. The number of aliphatic imine (C=N–C) groups is 1. The molecule has 4 rings (SSSR count). The normalized spacial score (nSPS) is 23.7. The van der Waals surface area contributed by atoms with Crippen LogP contribution in [0.3, 0.4) is 0 Å². The van der Waals surface area contributed by atoms with Crippen molar-refractivity contribution in [1.82, 2.24) is 0 Å². The van der Waals surface area contributed by atoms with Gasteiger partial charge in [-0.3, -0.25) is 4.99 Å². The van der Waals surface area contributed by atoms with Gasteiger partial charge in [-0.25, -0.2) is 0 Å². The Balaban J connectivity index is 1.87. The first-order valence-corrected chi connectivity index (χ1v) is 9.31. The molecule has 0 amide bonds. The fourth-order valence-electron chi connectivity index (χ4n) is 4.24. The van der Waals surface area contributed by atoms with Crippen LogP contribution < -0.4 is 14.2 Å². The van der Waals surface area contributed by atoms with Crippen molar-refractivity contribution < 1.29 is 19.3 Å². The number of aliphatic hydroxyl groups excluding tert-OH is 1. The van der Waals surface area contributed by atoms with E-state index in [0.29, 0.717) is 11.5 Å². The molecule has 3 unspecified atom stereocenters. The van der Waals surface area contributed by atoms with E-state index in [-0.39, 0.29) is 18.1 Å². The summed E-state index contributed by atoms with van der Waals surface area (Å²) in [5, 5.41) is 10.2. The molecule has 2 aliphatic rings. The van der Waals surface area contributed by atoms with E-state index in [1.54, 1.807) is 21.3 Å². The first kappa shape index (κ1) is 17.9. The van der Waals surface area contributed by atoms with Crippen molar-refractivity contribution in [2.24, 2.45) is 4.99 Å². The van der Waals surface area contributed by atoms with E-state index in [2.05, 4.69) is 6.07 Å². The lowest BCUT2D eigenvalue weighted by molar-refractivity contribution is 0.111. The molecule has 0 bridgehead atoms. The summed E-state index contributed by atoms with van der Waals surface area (Å²) in [6.45, 7) is 0. The van der Waals surface area contributed by atoms with Gasteiger partial charge in [-0.15, -0.1) is 0 Å². The maximum absolute atomic E-state index is 10.2. The highest BCUT2D eigenvalue weighted by Gasteiger charge is 2.37. The summed E-state index contributed by atoms with van der Waals surface area (Å²) in [6, 6.07) is 12.2. The number of hydrogen-bond donors (Lipinski definition) is 1. The average molecular weight is 367 g/mol. The average Bonchev–Trinajstić information content (AvgIpc) is 2.72. The fourth-order valence-corrected chi connectivity index (χ4v) is 4.24. The molecule has 0 aromatic heterocycles. The predicted octanol–water partition coefficient (Wildman–Crippen LogP) is 3.56. The summed E-state index contributed by atoms with van der Waals surface area (Å²) in [5.74, 6) is 2.42. The lowest BCUT2D eigenvalue weighted by atomic mass is 9.74. The Morgan fingerprint density at radius 1 is 0.926 bits per heavy atom. The van der Waals surface area contributed by atoms with Crippen LogP contribution >= 0.6 is 0 Å². The van der Waals surface area contributed by atoms with Crippen molar-refractivity contribution in [3.63, 3.8) is 0 Å². The molecule has 142 valence electrons. The third-order valence-electron chi connectivity index (χ3n) is 5.65. The van der Waals surface area contributed by atoms with Gasteiger partial charge in [-0.2, -0.15) is 0 Å². The quantitative estimate of drug-likeness (QED) is 0.898. The number of hydrogen-bond acceptors (Lipinski definition) is 5. The minimum atomic E-state index is -0.273. The summed E-state index contributed by atoms with van der Waals surface area (Å²) in [6.07, 6.45) is 2.14. The van der Waals surface area contributed by atoms with Crippen LogP contribution in [0.2, 0.25) is 0 Å². The molecule has 1 aliphatic heterocycles. The van der Waals surface area contributed by atoms with Crippen LogP contribution in [0.25, 0.3) is 0 Å². The molecule has 1 N–H and O–H groups in total. The lowest BCUT2D eigenvalue weighted by Gasteiger charge is -2.37. The molecule has 0 radical (unpaired) electrons. The third kappa shape index (κ3) is 3.16. The zero-order valence-electron chi connectivity index (χ0n) is 15.9. The summed E-state index contributed by atoms with van der Waals surface area (Å²) in [4.78, 5) is 5.10. The Labute approximate surface area is 159 Å². The Bertz CT molecular complexity index is 859. The minimum Gasteiger partial charge on any atom is -0.497 e. The first-order valence-electron chi connectivity index (χ1n) is 9.31. The number of methoxy groups -OCH3 is 3. The largest absolute Gasteiger partial charge is 0.497 e. The maximum Gasteiger partial charge on any atom is 0.161 e. The van der Waals surface area contributed by atoms with Gasteiger partial charge < -0.3 is 19.3 Å². The van der Waals surface area contributed by atoms with Gasteiger partial charge in [-0.05, 0) is 61.2 Å². The van der Waals surface area contributed by atoms with E-state index < -0.39 is 0 Å². The molecule has 27 heavy (non-hydrogen) atoms. The predicted molar refractivity (Wildman–Crippen MR) is 105 cm³/mol. The Kier molecular flexibility index (Phi) is 4.79. The third-order valence-corrected chi connectivity index (χ3v) is 5.65. The lowest BCUT2D eigenvalue weighted by Crippen LogP contribution is -2.34. The number of fused-ring (bicyclic) bond motifs is 3. The molecule has 5 nitrogen and oxygen atoms in total. The maximum atomic E-state index is 10.2. The second kappa shape index (κ2) is 7.24. The Morgan fingerprint density at radius 3 is 2.30 bits per heavy atom. The van der Waals surface area contributed by atoms with Crippen LogP contribution in [-0.4, -0.2) is 44.3 Å². The van der Waals surface area contributed by atoms with E-state index in [1.807, 2.05) is 30.3 Å². The van der Waals surface area contributed by atoms with Crippen LogP contribution in [0.5, 0.6) is 17.2 Å². The zero-order valence-corrected chi connectivity index (χ0v) is 15.9.